The molecule has 1 aromatic carbocycles. The molecule has 0 amide bonds. The van der Waals surface area contributed by atoms with Crippen LogP contribution in [0.5, 0.6) is 5.75 Å². The van der Waals surface area contributed by atoms with E-state index < -0.39 is 33.8 Å². The Morgan fingerprint density at radius 3 is 2.52 bits per heavy atom. The summed E-state index contributed by atoms with van der Waals surface area (Å²) in [4.78, 5) is 12.3. The van der Waals surface area contributed by atoms with E-state index in [1.807, 2.05) is 0 Å². The van der Waals surface area contributed by atoms with Crippen LogP contribution in [0.4, 0.5) is 13.2 Å². The number of piperidine rings is 1. The van der Waals surface area contributed by atoms with E-state index in [1.54, 1.807) is 12.1 Å². The van der Waals surface area contributed by atoms with Gasteiger partial charge in [0.15, 0.2) is 0 Å². The van der Waals surface area contributed by atoms with Gasteiger partial charge in [0, 0.05) is 26.6 Å². The summed E-state index contributed by atoms with van der Waals surface area (Å²) < 4.78 is 72.8. The molecule has 2 aliphatic heterocycles. The Hall–Kier alpha value is -2.34. The van der Waals surface area contributed by atoms with Crippen molar-refractivity contribution in [2.24, 2.45) is 7.05 Å². The molecule has 0 radical (unpaired) electrons. The maximum Gasteiger partial charge on any atom is 0.451 e. The summed E-state index contributed by atoms with van der Waals surface area (Å²) in [5, 5.41) is 3.45. The third kappa shape index (κ3) is 3.44. The molecule has 0 unspecified atom stereocenters. The lowest BCUT2D eigenvalue weighted by Gasteiger charge is -2.30. The molecular formula is C17H19F3N4O4S. The molecule has 0 N–H and O–H groups in total. The molecule has 1 fully saturated rings. The highest BCUT2D eigenvalue weighted by atomic mass is 32.2. The van der Waals surface area contributed by atoms with Gasteiger partial charge in [-0.05, 0) is 36.6 Å². The first-order chi connectivity index (χ1) is 13.6. The molecule has 0 saturated carbocycles. The van der Waals surface area contributed by atoms with Crippen molar-refractivity contribution in [3.05, 3.63) is 40.1 Å². The van der Waals surface area contributed by atoms with Crippen LogP contribution in [0.3, 0.4) is 0 Å². The smallest absolute Gasteiger partial charge is 0.451 e. The zero-order valence-corrected chi connectivity index (χ0v) is 16.3. The normalized spacial score (nSPS) is 18.6. The van der Waals surface area contributed by atoms with E-state index >= 15 is 0 Å². The number of sulfonamides is 1. The quantitative estimate of drug-likeness (QED) is 0.735. The monoisotopic (exact) mass is 432 g/mol. The van der Waals surface area contributed by atoms with E-state index in [2.05, 4.69) is 5.10 Å². The molecule has 0 atom stereocenters. The summed E-state index contributed by atoms with van der Waals surface area (Å²) in [7, 11) is -2.72. The highest BCUT2D eigenvalue weighted by Gasteiger charge is 2.39. The van der Waals surface area contributed by atoms with Crippen LogP contribution in [0.1, 0.15) is 30.3 Å². The van der Waals surface area contributed by atoms with Gasteiger partial charge in [0.25, 0.3) is 0 Å². The minimum Gasteiger partial charge on any atom is -0.493 e. The van der Waals surface area contributed by atoms with E-state index in [-0.39, 0.29) is 30.8 Å². The van der Waals surface area contributed by atoms with Crippen molar-refractivity contribution in [3.8, 4) is 5.75 Å². The molecule has 0 spiro atoms. The van der Waals surface area contributed by atoms with E-state index in [4.69, 9.17) is 4.74 Å². The Morgan fingerprint density at radius 2 is 1.90 bits per heavy atom. The van der Waals surface area contributed by atoms with Gasteiger partial charge in [-0.1, -0.05) is 0 Å². The van der Waals surface area contributed by atoms with Gasteiger partial charge in [0.1, 0.15) is 5.75 Å². The molecule has 29 heavy (non-hydrogen) atoms. The molecule has 2 aromatic rings. The first-order valence-corrected chi connectivity index (χ1v) is 10.5. The lowest BCUT2D eigenvalue weighted by molar-refractivity contribution is -0.147. The van der Waals surface area contributed by atoms with Crippen LogP contribution in [0.2, 0.25) is 0 Å². The van der Waals surface area contributed by atoms with Gasteiger partial charge in [0.2, 0.25) is 15.8 Å². The van der Waals surface area contributed by atoms with Crippen molar-refractivity contribution in [3.63, 3.8) is 0 Å². The van der Waals surface area contributed by atoms with Gasteiger partial charge in [-0.3, -0.25) is 4.57 Å². The summed E-state index contributed by atoms with van der Waals surface area (Å²) in [6.07, 6.45) is -3.70. The first kappa shape index (κ1) is 20.0. The second-order valence-corrected chi connectivity index (χ2v) is 9.05. The summed E-state index contributed by atoms with van der Waals surface area (Å²) >= 11 is 0. The number of rotatable bonds is 3. The maximum atomic E-state index is 13.0. The van der Waals surface area contributed by atoms with Crippen molar-refractivity contribution < 1.29 is 26.3 Å². The predicted octanol–water partition coefficient (Wildman–Crippen LogP) is 1.56. The third-order valence-electron chi connectivity index (χ3n) is 5.32. The molecule has 158 valence electrons. The number of hydrogen-bond donors (Lipinski definition) is 0. The van der Waals surface area contributed by atoms with Gasteiger partial charge in [0.05, 0.1) is 17.5 Å². The van der Waals surface area contributed by atoms with Crippen molar-refractivity contribution in [2.75, 3.05) is 19.7 Å². The van der Waals surface area contributed by atoms with E-state index in [0.29, 0.717) is 23.3 Å². The van der Waals surface area contributed by atoms with E-state index in [9.17, 15) is 26.4 Å². The second kappa shape index (κ2) is 6.87. The zero-order chi connectivity index (χ0) is 21.0. The fourth-order valence-electron chi connectivity index (χ4n) is 3.74. The van der Waals surface area contributed by atoms with Crippen LogP contribution in [-0.2, 0) is 29.7 Å². The number of hydrogen-bond acceptors (Lipinski definition) is 5. The number of halogens is 3. The molecule has 1 saturated heterocycles. The van der Waals surface area contributed by atoms with Crippen LogP contribution in [0.15, 0.2) is 27.9 Å². The molecule has 0 bridgehead atoms. The molecule has 3 heterocycles. The zero-order valence-electron chi connectivity index (χ0n) is 15.5. The van der Waals surface area contributed by atoms with E-state index in [1.165, 1.54) is 10.4 Å². The fourth-order valence-corrected chi connectivity index (χ4v) is 5.26. The third-order valence-corrected chi connectivity index (χ3v) is 7.22. The van der Waals surface area contributed by atoms with Gasteiger partial charge < -0.3 is 4.74 Å². The van der Waals surface area contributed by atoms with E-state index in [0.717, 1.165) is 17.3 Å². The lowest BCUT2D eigenvalue weighted by atomic mass is 10.1. The van der Waals surface area contributed by atoms with Crippen molar-refractivity contribution in [2.45, 2.75) is 36.4 Å². The molecule has 1 aromatic heterocycles. The number of benzene rings is 1. The van der Waals surface area contributed by atoms with Gasteiger partial charge >= 0.3 is 11.9 Å². The van der Waals surface area contributed by atoms with Crippen LogP contribution in [-0.4, -0.2) is 46.8 Å². The summed E-state index contributed by atoms with van der Waals surface area (Å²) in [6, 6.07) is 4.13. The fraction of sp³-hybridized carbons (Fsp3) is 0.529. The molecule has 8 nitrogen and oxygen atoms in total. The summed E-state index contributed by atoms with van der Waals surface area (Å²) in [5.74, 6) is -0.587. The van der Waals surface area contributed by atoms with Crippen molar-refractivity contribution in [1.29, 1.82) is 0 Å². The standard InChI is InChI=1S/C17H19F3N4O4S/c1-22-15(17(18,19)20)21-24(16(22)25)12-4-7-23(8-5-12)29(26,27)13-2-3-14-11(10-13)6-9-28-14/h2-3,10,12H,4-9H2,1H3. The number of ether oxygens (including phenoxy) is 1. The van der Waals surface area contributed by atoms with Gasteiger partial charge in [-0.25, -0.2) is 17.9 Å². The summed E-state index contributed by atoms with van der Waals surface area (Å²) in [6.45, 7) is 0.693. The Morgan fingerprint density at radius 1 is 1.21 bits per heavy atom. The number of alkyl halides is 3. The SMILES string of the molecule is Cn1c(C(F)(F)F)nn(C2CCN(S(=O)(=O)c3ccc4c(c3)CCO4)CC2)c1=O. The van der Waals surface area contributed by atoms with Gasteiger partial charge in [-0.15, -0.1) is 5.10 Å². The topological polar surface area (TPSA) is 86.4 Å². The largest absolute Gasteiger partial charge is 0.493 e. The highest BCUT2D eigenvalue weighted by Crippen LogP contribution is 2.32. The van der Waals surface area contributed by atoms with Crippen LogP contribution < -0.4 is 10.4 Å². The van der Waals surface area contributed by atoms with Gasteiger partial charge in [-0.2, -0.15) is 17.5 Å². The maximum absolute atomic E-state index is 13.0. The second-order valence-electron chi connectivity index (χ2n) is 7.11. The Bertz CT molecular complexity index is 1100. The molecule has 4 rings (SSSR count). The molecular weight excluding hydrogens is 413 g/mol. The number of fused-ring (bicyclic) bond motifs is 1. The molecule has 0 aliphatic carbocycles. The minimum absolute atomic E-state index is 0.0882. The van der Waals surface area contributed by atoms with Crippen LogP contribution in [0, 0.1) is 0 Å². The van der Waals surface area contributed by atoms with Crippen molar-refractivity contribution in [1.82, 2.24) is 18.7 Å². The molecule has 2 aliphatic rings. The van der Waals surface area contributed by atoms with Crippen LogP contribution >= 0.6 is 0 Å². The average molecular weight is 432 g/mol. The molecule has 12 heteroatoms. The average Bonchev–Trinajstić information content (AvgIpc) is 3.26. The first-order valence-electron chi connectivity index (χ1n) is 9.07. The Balaban J connectivity index is 1.52. The van der Waals surface area contributed by atoms with Crippen molar-refractivity contribution >= 4 is 10.0 Å². The predicted molar refractivity (Wildman–Crippen MR) is 95.1 cm³/mol. The highest BCUT2D eigenvalue weighted by molar-refractivity contribution is 7.89. The van der Waals surface area contributed by atoms with Crippen LogP contribution in [0.25, 0.3) is 0 Å². The number of nitrogens with zero attached hydrogens (tertiary/aromatic N) is 4. The lowest BCUT2D eigenvalue weighted by Crippen LogP contribution is -2.41. The minimum atomic E-state index is -4.74. The Labute approximate surface area is 164 Å². The summed E-state index contributed by atoms with van der Waals surface area (Å²) in [5.41, 5.74) is -0.0297. The Kier molecular flexibility index (Phi) is 4.73. The number of aromatic nitrogens is 3.